The Balaban J connectivity index is 1.66. The molecule has 0 saturated heterocycles. The quantitative estimate of drug-likeness (QED) is 0.781. The summed E-state index contributed by atoms with van der Waals surface area (Å²) in [5.74, 6) is 2.17. The minimum atomic E-state index is -0.562. The Bertz CT molecular complexity index is 686. The van der Waals surface area contributed by atoms with Crippen molar-refractivity contribution >= 4 is 11.8 Å². The second-order valence-electron chi connectivity index (χ2n) is 6.66. The van der Waals surface area contributed by atoms with Crippen LogP contribution in [0.1, 0.15) is 35.6 Å². The molecule has 138 valence electrons. The van der Waals surface area contributed by atoms with Gasteiger partial charge in [0.05, 0.1) is 23.7 Å². The van der Waals surface area contributed by atoms with Crippen LogP contribution >= 0.6 is 11.8 Å². The average Bonchev–Trinajstić information content (AvgIpc) is 3.10. The lowest BCUT2D eigenvalue weighted by Crippen LogP contribution is -2.23. The Morgan fingerprint density at radius 1 is 1.40 bits per heavy atom. The van der Waals surface area contributed by atoms with E-state index in [4.69, 9.17) is 4.52 Å². The molecule has 0 radical (unpaired) electrons. The van der Waals surface area contributed by atoms with Crippen LogP contribution in [-0.2, 0) is 25.4 Å². The van der Waals surface area contributed by atoms with Crippen molar-refractivity contribution in [1.82, 2.24) is 29.7 Å². The molecule has 2 aromatic heterocycles. The molecule has 2 aromatic rings. The van der Waals surface area contributed by atoms with Gasteiger partial charge in [-0.05, 0) is 32.8 Å². The summed E-state index contributed by atoms with van der Waals surface area (Å²) in [6, 6.07) is 2.01. The first kappa shape index (κ1) is 18.4. The lowest BCUT2D eigenvalue weighted by Gasteiger charge is -2.16. The van der Waals surface area contributed by atoms with E-state index >= 15 is 0 Å². The molecule has 0 bridgehead atoms. The van der Waals surface area contributed by atoms with E-state index in [1.807, 2.05) is 36.0 Å². The van der Waals surface area contributed by atoms with Gasteiger partial charge in [0, 0.05) is 26.2 Å². The fourth-order valence-electron chi connectivity index (χ4n) is 3.02. The lowest BCUT2D eigenvalue weighted by molar-refractivity contribution is 0.133. The lowest BCUT2D eigenvalue weighted by atomic mass is 10.2. The van der Waals surface area contributed by atoms with Crippen molar-refractivity contribution in [1.29, 1.82) is 0 Å². The maximum absolute atomic E-state index is 10.3. The van der Waals surface area contributed by atoms with Crippen LogP contribution in [0.25, 0.3) is 0 Å². The van der Waals surface area contributed by atoms with Crippen molar-refractivity contribution in [3.63, 3.8) is 0 Å². The molecule has 0 saturated carbocycles. The standard InChI is InChI=1S/C16H26N6O2S/c1-20(2)9-14(23)13-7-12-8-21(5-4-6-22(12)18-13)10-16-17-15(11-25-3)19-24-16/h7,14,23H,4-6,8-11H2,1-3H3/t14-/m0/s1. The molecule has 0 spiro atoms. The van der Waals surface area contributed by atoms with Crippen molar-refractivity contribution in [3.8, 4) is 0 Å². The largest absolute Gasteiger partial charge is 0.385 e. The summed E-state index contributed by atoms with van der Waals surface area (Å²) in [7, 11) is 3.89. The summed E-state index contributed by atoms with van der Waals surface area (Å²) in [6.45, 7) is 3.80. The Labute approximate surface area is 152 Å². The van der Waals surface area contributed by atoms with Gasteiger partial charge < -0.3 is 14.5 Å². The average molecular weight is 366 g/mol. The molecule has 1 aliphatic heterocycles. The molecule has 1 aliphatic rings. The Hall–Kier alpha value is -1.42. The maximum atomic E-state index is 10.3. The van der Waals surface area contributed by atoms with E-state index < -0.39 is 6.10 Å². The zero-order valence-electron chi connectivity index (χ0n) is 15.1. The van der Waals surface area contributed by atoms with Gasteiger partial charge in [-0.15, -0.1) is 0 Å². The summed E-state index contributed by atoms with van der Waals surface area (Å²) in [6.07, 6.45) is 2.46. The summed E-state index contributed by atoms with van der Waals surface area (Å²) in [5, 5.41) is 18.9. The molecule has 0 amide bonds. The molecule has 0 fully saturated rings. The molecular formula is C16H26N6O2S. The molecular weight excluding hydrogens is 340 g/mol. The fourth-order valence-corrected chi connectivity index (χ4v) is 3.40. The smallest absolute Gasteiger partial charge is 0.240 e. The highest BCUT2D eigenvalue weighted by Crippen LogP contribution is 2.20. The number of fused-ring (bicyclic) bond motifs is 1. The first-order valence-electron chi connectivity index (χ1n) is 8.47. The SMILES string of the molecule is CSCc1noc(CN2CCCn3nc([C@@H](O)CN(C)C)cc3C2)n1. The van der Waals surface area contributed by atoms with E-state index in [0.29, 0.717) is 19.0 Å². The van der Waals surface area contributed by atoms with Crippen LogP contribution in [0.5, 0.6) is 0 Å². The van der Waals surface area contributed by atoms with Crippen molar-refractivity contribution in [2.24, 2.45) is 0 Å². The zero-order valence-corrected chi connectivity index (χ0v) is 15.9. The molecule has 9 heteroatoms. The van der Waals surface area contributed by atoms with Crippen LogP contribution in [0.15, 0.2) is 10.6 Å². The molecule has 25 heavy (non-hydrogen) atoms. The second-order valence-corrected chi connectivity index (χ2v) is 7.53. The van der Waals surface area contributed by atoms with Gasteiger partial charge in [0.25, 0.3) is 0 Å². The predicted molar refractivity (Wildman–Crippen MR) is 96.0 cm³/mol. The minimum Gasteiger partial charge on any atom is -0.385 e. The maximum Gasteiger partial charge on any atom is 0.240 e. The van der Waals surface area contributed by atoms with Crippen LogP contribution < -0.4 is 0 Å². The van der Waals surface area contributed by atoms with Crippen molar-refractivity contribution in [2.75, 3.05) is 33.4 Å². The second kappa shape index (κ2) is 8.31. The van der Waals surface area contributed by atoms with E-state index in [1.54, 1.807) is 11.8 Å². The van der Waals surface area contributed by atoms with Gasteiger partial charge in [-0.2, -0.15) is 21.8 Å². The van der Waals surface area contributed by atoms with Crippen LogP contribution in [0, 0.1) is 0 Å². The number of likely N-dealkylation sites (N-methyl/N-ethyl adjacent to an activating group) is 1. The van der Waals surface area contributed by atoms with E-state index in [9.17, 15) is 5.11 Å². The third-order valence-electron chi connectivity index (χ3n) is 4.13. The number of aliphatic hydroxyl groups excluding tert-OH is 1. The number of thioether (sulfide) groups is 1. The van der Waals surface area contributed by atoms with Crippen molar-refractivity contribution < 1.29 is 9.63 Å². The third-order valence-corrected chi connectivity index (χ3v) is 4.68. The number of hydrogen-bond acceptors (Lipinski definition) is 8. The highest BCUT2D eigenvalue weighted by atomic mass is 32.2. The van der Waals surface area contributed by atoms with Crippen LogP contribution in [0.3, 0.4) is 0 Å². The number of aryl methyl sites for hydroxylation is 1. The summed E-state index contributed by atoms with van der Waals surface area (Å²) >= 11 is 1.68. The van der Waals surface area contributed by atoms with Crippen molar-refractivity contribution in [2.45, 2.75) is 37.9 Å². The Morgan fingerprint density at radius 2 is 2.24 bits per heavy atom. The highest BCUT2D eigenvalue weighted by molar-refractivity contribution is 7.97. The summed E-state index contributed by atoms with van der Waals surface area (Å²) in [5.41, 5.74) is 1.86. The van der Waals surface area contributed by atoms with E-state index in [0.717, 1.165) is 49.0 Å². The summed E-state index contributed by atoms with van der Waals surface area (Å²) < 4.78 is 7.37. The van der Waals surface area contributed by atoms with E-state index in [1.165, 1.54) is 0 Å². The van der Waals surface area contributed by atoms with Crippen LogP contribution in [0.4, 0.5) is 0 Å². The van der Waals surface area contributed by atoms with Gasteiger partial charge in [0.1, 0.15) is 6.10 Å². The van der Waals surface area contributed by atoms with Crippen molar-refractivity contribution in [3.05, 3.63) is 29.2 Å². The van der Waals surface area contributed by atoms with Gasteiger partial charge in [-0.1, -0.05) is 5.16 Å². The van der Waals surface area contributed by atoms with Crippen LogP contribution in [-0.4, -0.2) is 68.3 Å². The number of rotatable bonds is 7. The van der Waals surface area contributed by atoms with E-state index in [2.05, 4.69) is 20.1 Å². The number of hydrogen-bond donors (Lipinski definition) is 1. The molecule has 8 nitrogen and oxygen atoms in total. The minimum absolute atomic E-state index is 0.562. The van der Waals surface area contributed by atoms with Crippen LogP contribution in [0.2, 0.25) is 0 Å². The predicted octanol–water partition coefficient (Wildman–Crippen LogP) is 1.13. The first-order chi connectivity index (χ1) is 12.0. The molecule has 1 N–H and O–H groups in total. The van der Waals surface area contributed by atoms with Gasteiger partial charge in [0.2, 0.25) is 5.89 Å². The van der Waals surface area contributed by atoms with Gasteiger partial charge in [0.15, 0.2) is 5.82 Å². The number of aromatic nitrogens is 4. The Kier molecular flexibility index (Phi) is 6.10. The molecule has 3 heterocycles. The van der Waals surface area contributed by atoms with Gasteiger partial charge in [-0.25, -0.2) is 0 Å². The molecule has 3 rings (SSSR count). The van der Waals surface area contributed by atoms with E-state index in [-0.39, 0.29) is 0 Å². The fraction of sp³-hybridized carbons (Fsp3) is 0.688. The van der Waals surface area contributed by atoms with Gasteiger partial charge in [-0.3, -0.25) is 9.58 Å². The molecule has 0 unspecified atom stereocenters. The molecule has 1 atom stereocenters. The first-order valence-corrected chi connectivity index (χ1v) is 9.86. The Morgan fingerprint density at radius 3 is 3.00 bits per heavy atom. The topological polar surface area (TPSA) is 83.5 Å². The van der Waals surface area contributed by atoms with Gasteiger partial charge >= 0.3 is 0 Å². The monoisotopic (exact) mass is 366 g/mol. The number of aliphatic hydroxyl groups is 1. The summed E-state index contributed by atoms with van der Waals surface area (Å²) in [4.78, 5) is 8.69. The third kappa shape index (κ3) is 4.81. The molecule has 0 aliphatic carbocycles. The molecule has 0 aromatic carbocycles. The normalized spacial score (nSPS) is 16.8. The highest BCUT2D eigenvalue weighted by Gasteiger charge is 2.21. The number of nitrogens with zero attached hydrogens (tertiary/aromatic N) is 6. The zero-order chi connectivity index (χ0) is 17.8.